The highest BCUT2D eigenvalue weighted by Crippen LogP contribution is 2.39. The molecule has 1 saturated carbocycles. The van der Waals surface area contributed by atoms with E-state index < -0.39 is 27.7 Å². The normalized spacial score (nSPS) is 20.2. The number of carbonyl (C=O) groups excluding carboxylic acids is 2. The van der Waals surface area contributed by atoms with Crippen molar-refractivity contribution in [3.63, 3.8) is 0 Å². The van der Waals surface area contributed by atoms with Crippen LogP contribution in [0.5, 0.6) is 0 Å². The highest BCUT2D eigenvalue weighted by molar-refractivity contribution is 7.90. The average molecular weight is 466 g/mol. The number of esters is 2. The Morgan fingerprint density at radius 2 is 1.72 bits per heavy atom. The minimum Gasteiger partial charge on any atom is -0.466 e. The van der Waals surface area contributed by atoms with E-state index in [-0.39, 0.29) is 16.3 Å². The van der Waals surface area contributed by atoms with Gasteiger partial charge in [0.1, 0.15) is 0 Å². The number of imidazole rings is 1. The summed E-state index contributed by atoms with van der Waals surface area (Å²) in [5.74, 6) is -1.71. The van der Waals surface area contributed by atoms with E-state index in [1.54, 1.807) is 20.9 Å². The summed E-state index contributed by atoms with van der Waals surface area (Å²) in [6.45, 7) is 3.76. The molecule has 1 fully saturated rings. The maximum absolute atomic E-state index is 13.3. The van der Waals surface area contributed by atoms with Gasteiger partial charge in [-0.1, -0.05) is 19.3 Å². The van der Waals surface area contributed by atoms with E-state index in [2.05, 4.69) is 10.3 Å². The first-order chi connectivity index (χ1) is 15.1. The lowest BCUT2D eigenvalue weighted by Gasteiger charge is -2.30. The third-order valence-corrected chi connectivity index (χ3v) is 7.21. The maximum Gasteiger partial charge on any atom is 0.336 e. The predicted octanol–water partition coefficient (Wildman–Crippen LogP) is 2.35. The molecule has 1 aliphatic carbocycles. The van der Waals surface area contributed by atoms with Crippen LogP contribution in [0, 0.1) is 5.92 Å². The Kier molecular flexibility index (Phi) is 7.12. The van der Waals surface area contributed by atoms with E-state index in [4.69, 9.17) is 9.47 Å². The van der Waals surface area contributed by atoms with Crippen LogP contribution in [-0.4, -0.2) is 49.9 Å². The molecule has 176 valence electrons. The van der Waals surface area contributed by atoms with Crippen molar-refractivity contribution in [2.45, 2.75) is 57.0 Å². The molecule has 0 bridgehead atoms. The summed E-state index contributed by atoms with van der Waals surface area (Å²) in [5, 5.41) is 2.93. The van der Waals surface area contributed by atoms with Crippen molar-refractivity contribution in [1.82, 2.24) is 14.9 Å². The number of sulfone groups is 1. The van der Waals surface area contributed by atoms with Gasteiger partial charge in [0.2, 0.25) is 15.0 Å². The van der Waals surface area contributed by atoms with Crippen LogP contribution in [-0.2, 0) is 35.9 Å². The number of hydrogen-bond donors (Lipinski definition) is 1. The number of dihydropyridines is 1. The Morgan fingerprint density at radius 3 is 2.25 bits per heavy atom. The molecular weight excluding hydrogens is 434 g/mol. The molecule has 1 aliphatic heterocycles. The quantitative estimate of drug-likeness (QED) is 0.637. The van der Waals surface area contributed by atoms with Gasteiger partial charge in [-0.15, -0.1) is 0 Å². The van der Waals surface area contributed by atoms with Crippen LogP contribution in [0.1, 0.15) is 57.6 Å². The Labute approximate surface area is 188 Å². The summed E-state index contributed by atoms with van der Waals surface area (Å²) in [6.07, 6.45) is 7.96. The van der Waals surface area contributed by atoms with Crippen molar-refractivity contribution in [2.75, 3.05) is 20.0 Å². The summed E-state index contributed by atoms with van der Waals surface area (Å²) >= 11 is 0. The Morgan fingerprint density at radius 1 is 1.12 bits per heavy atom. The van der Waals surface area contributed by atoms with E-state index in [9.17, 15) is 18.0 Å². The molecule has 10 heteroatoms. The second-order valence-corrected chi connectivity index (χ2v) is 10.4. The lowest BCUT2D eigenvalue weighted by molar-refractivity contribution is -0.141. The maximum atomic E-state index is 13.3. The number of carbonyl (C=O) groups is 2. The number of hydrogen-bond acceptors (Lipinski definition) is 8. The van der Waals surface area contributed by atoms with Crippen LogP contribution >= 0.6 is 0 Å². The van der Waals surface area contributed by atoms with Crippen LogP contribution in [0.25, 0.3) is 0 Å². The van der Waals surface area contributed by atoms with Crippen LogP contribution in [0.3, 0.4) is 0 Å². The first-order valence-corrected chi connectivity index (χ1v) is 12.6. The molecule has 0 saturated heterocycles. The van der Waals surface area contributed by atoms with Gasteiger partial charge in [0.15, 0.2) is 0 Å². The van der Waals surface area contributed by atoms with Crippen LogP contribution in [0.2, 0.25) is 0 Å². The van der Waals surface area contributed by atoms with Crippen molar-refractivity contribution in [3.05, 3.63) is 34.4 Å². The Bertz CT molecular complexity index is 1080. The second kappa shape index (κ2) is 9.48. The SMILES string of the molecule is COC(=O)C1=C(C)NC(C)=C(C(=O)OCC2CCCCC2)C1c1cnc(S(C)(=O)=O)n1C. The zero-order chi connectivity index (χ0) is 23.6. The summed E-state index contributed by atoms with van der Waals surface area (Å²) in [6, 6.07) is 0. The second-order valence-electron chi connectivity index (χ2n) is 8.53. The molecule has 1 aromatic rings. The van der Waals surface area contributed by atoms with Gasteiger partial charge in [-0.25, -0.2) is 23.0 Å². The third-order valence-electron chi connectivity index (χ3n) is 6.17. The monoisotopic (exact) mass is 465 g/mol. The fourth-order valence-electron chi connectivity index (χ4n) is 4.58. The number of ether oxygens (including phenoxy) is 2. The fourth-order valence-corrected chi connectivity index (χ4v) is 5.43. The number of allylic oxidation sites excluding steroid dienone is 2. The Balaban J connectivity index is 2.04. The van der Waals surface area contributed by atoms with Gasteiger partial charge in [-0.3, -0.25) is 0 Å². The van der Waals surface area contributed by atoms with Crippen molar-refractivity contribution < 1.29 is 27.5 Å². The van der Waals surface area contributed by atoms with Crippen molar-refractivity contribution in [1.29, 1.82) is 0 Å². The highest BCUT2D eigenvalue weighted by Gasteiger charge is 2.40. The molecule has 0 radical (unpaired) electrons. The number of methoxy groups -OCH3 is 1. The van der Waals surface area contributed by atoms with Crippen LogP contribution < -0.4 is 5.32 Å². The number of nitrogens with one attached hydrogen (secondary N) is 1. The van der Waals surface area contributed by atoms with E-state index in [0.717, 1.165) is 31.9 Å². The molecule has 1 unspecified atom stereocenters. The lowest BCUT2D eigenvalue weighted by atomic mass is 9.83. The lowest BCUT2D eigenvalue weighted by Crippen LogP contribution is -2.33. The van der Waals surface area contributed by atoms with Gasteiger partial charge in [0.25, 0.3) is 0 Å². The molecule has 9 nitrogen and oxygen atoms in total. The number of aromatic nitrogens is 2. The number of rotatable bonds is 6. The first-order valence-electron chi connectivity index (χ1n) is 10.7. The minimum atomic E-state index is -3.61. The Hall–Kier alpha value is -2.62. The molecule has 0 spiro atoms. The highest BCUT2D eigenvalue weighted by atomic mass is 32.2. The summed E-state index contributed by atoms with van der Waals surface area (Å²) in [5.41, 5.74) is 1.90. The zero-order valence-electron chi connectivity index (χ0n) is 19.2. The predicted molar refractivity (Wildman–Crippen MR) is 117 cm³/mol. The smallest absolute Gasteiger partial charge is 0.336 e. The molecular formula is C22H31N3O6S. The molecule has 0 amide bonds. The summed E-state index contributed by atoms with van der Waals surface area (Å²) in [4.78, 5) is 30.0. The van der Waals surface area contributed by atoms with E-state index in [1.807, 2.05) is 0 Å². The van der Waals surface area contributed by atoms with Crippen molar-refractivity contribution in [3.8, 4) is 0 Å². The molecule has 2 heterocycles. The molecule has 1 aromatic heterocycles. The zero-order valence-corrected chi connectivity index (χ0v) is 20.0. The molecule has 32 heavy (non-hydrogen) atoms. The standard InChI is InChI=1S/C22H31N3O6S/c1-13-17(20(26)30-4)19(16-11-23-22(25(16)3)32(5,28)29)18(14(2)24-13)21(27)31-12-15-9-7-6-8-10-15/h11,15,19,24H,6-10,12H2,1-5H3. The molecule has 0 aromatic carbocycles. The van der Waals surface area contributed by atoms with Gasteiger partial charge in [0.05, 0.1) is 42.7 Å². The van der Waals surface area contributed by atoms with Gasteiger partial charge >= 0.3 is 11.9 Å². The molecule has 3 rings (SSSR count). The fraction of sp³-hybridized carbons (Fsp3) is 0.591. The van der Waals surface area contributed by atoms with E-state index >= 15 is 0 Å². The number of nitrogens with zero attached hydrogens (tertiary/aromatic N) is 2. The summed E-state index contributed by atoms with van der Waals surface area (Å²) in [7, 11) is -0.804. The average Bonchev–Trinajstić information content (AvgIpc) is 3.13. The molecule has 2 aliphatic rings. The van der Waals surface area contributed by atoms with Crippen molar-refractivity contribution in [2.24, 2.45) is 13.0 Å². The first kappa shape index (κ1) is 24.0. The van der Waals surface area contributed by atoms with Crippen molar-refractivity contribution >= 4 is 21.8 Å². The van der Waals surface area contributed by atoms with Gasteiger partial charge < -0.3 is 19.4 Å². The third kappa shape index (κ3) is 4.74. The van der Waals surface area contributed by atoms with Gasteiger partial charge in [0, 0.05) is 24.7 Å². The van der Waals surface area contributed by atoms with Gasteiger partial charge in [-0.05, 0) is 32.6 Å². The minimum absolute atomic E-state index is 0.152. The molecule has 1 N–H and O–H groups in total. The van der Waals surface area contributed by atoms with Gasteiger partial charge in [-0.2, -0.15) is 0 Å². The summed E-state index contributed by atoms with van der Waals surface area (Å²) < 4.78 is 36.4. The largest absolute Gasteiger partial charge is 0.466 e. The topological polar surface area (TPSA) is 117 Å². The molecule has 1 atom stereocenters. The van der Waals surface area contributed by atoms with E-state index in [1.165, 1.54) is 24.3 Å². The van der Waals surface area contributed by atoms with Crippen LogP contribution in [0.15, 0.2) is 33.9 Å². The van der Waals surface area contributed by atoms with E-state index in [0.29, 0.717) is 29.6 Å². The van der Waals surface area contributed by atoms with Crippen LogP contribution in [0.4, 0.5) is 0 Å².